The summed E-state index contributed by atoms with van der Waals surface area (Å²) in [6.45, 7) is 8.07. The maximum Gasteiger partial charge on any atom is 0.228 e. The van der Waals surface area contributed by atoms with Crippen molar-refractivity contribution < 1.29 is 14.3 Å². The van der Waals surface area contributed by atoms with E-state index in [1.54, 1.807) is 0 Å². The van der Waals surface area contributed by atoms with Gasteiger partial charge in [0.15, 0.2) is 0 Å². The normalized spacial score (nSPS) is 25.1. The van der Waals surface area contributed by atoms with E-state index in [9.17, 15) is 9.59 Å². The molecule has 0 saturated carbocycles. The third-order valence-electron chi connectivity index (χ3n) is 3.47. The van der Waals surface area contributed by atoms with Crippen molar-refractivity contribution in [3.05, 3.63) is 0 Å². The van der Waals surface area contributed by atoms with Crippen molar-refractivity contribution in [1.29, 1.82) is 0 Å². The summed E-state index contributed by atoms with van der Waals surface area (Å²) >= 11 is 0. The van der Waals surface area contributed by atoms with Crippen molar-refractivity contribution in [2.24, 2.45) is 11.8 Å². The van der Waals surface area contributed by atoms with E-state index in [-0.39, 0.29) is 17.7 Å². The standard InChI is InChI=1S/C13H22N2O3/c1-10(2)8-15-9-11(7-12(15)16)13(17)14-3-5-18-6-4-14/h10-11H,3-9H2,1-2H3. The number of amides is 2. The Morgan fingerprint density at radius 1 is 1.39 bits per heavy atom. The van der Waals surface area contributed by atoms with Crippen LogP contribution in [0.3, 0.4) is 0 Å². The van der Waals surface area contributed by atoms with Gasteiger partial charge in [-0.2, -0.15) is 0 Å². The number of hydrogen-bond acceptors (Lipinski definition) is 3. The summed E-state index contributed by atoms with van der Waals surface area (Å²) in [7, 11) is 0. The van der Waals surface area contributed by atoms with Crippen LogP contribution in [0.4, 0.5) is 0 Å². The average Bonchev–Trinajstić information content (AvgIpc) is 2.70. The number of nitrogens with zero attached hydrogens (tertiary/aromatic N) is 2. The van der Waals surface area contributed by atoms with E-state index < -0.39 is 0 Å². The van der Waals surface area contributed by atoms with Gasteiger partial charge in [0.05, 0.1) is 19.1 Å². The number of rotatable bonds is 3. The van der Waals surface area contributed by atoms with E-state index in [0.717, 1.165) is 6.54 Å². The Morgan fingerprint density at radius 3 is 2.67 bits per heavy atom. The van der Waals surface area contributed by atoms with E-state index in [2.05, 4.69) is 13.8 Å². The molecule has 0 aromatic carbocycles. The van der Waals surface area contributed by atoms with E-state index in [4.69, 9.17) is 4.74 Å². The Hall–Kier alpha value is -1.10. The number of carbonyl (C=O) groups excluding carboxylic acids is 2. The fourth-order valence-electron chi connectivity index (χ4n) is 2.60. The van der Waals surface area contributed by atoms with Crippen molar-refractivity contribution in [3.63, 3.8) is 0 Å². The molecule has 0 spiro atoms. The molecule has 2 heterocycles. The second kappa shape index (κ2) is 5.69. The molecule has 18 heavy (non-hydrogen) atoms. The predicted octanol–water partition coefficient (Wildman–Crippen LogP) is 0.350. The minimum Gasteiger partial charge on any atom is -0.378 e. The van der Waals surface area contributed by atoms with Gasteiger partial charge < -0.3 is 14.5 Å². The van der Waals surface area contributed by atoms with Crippen LogP contribution in [0.1, 0.15) is 20.3 Å². The molecule has 5 heteroatoms. The lowest BCUT2D eigenvalue weighted by molar-refractivity contribution is -0.139. The Balaban J connectivity index is 1.90. The number of morpholine rings is 1. The van der Waals surface area contributed by atoms with Gasteiger partial charge in [0.1, 0.15) is 0 Å². The molecule has 1 atom stereocenters. The fraction of sp³-hybridized carbons (Fsp3) is 0.846. The smallest absolute Gasteiger partial charge is 0.228 e. The van der Waals surface area contributed by atoms with E-state index in [0.29, 0.717) is 45.2 Å². The second-order valence-electron chi connectivity index (χ2n) is 5.53. The van der Waals surface area contributed by atoms with Crippen molar-refractivity contribution in [1.82, 2.24) is 9.80 Å². The SMILES string of the molecule is CC(C)CN1CC(C(=O)N2CCOCC2)CC1=O. The van der Waals surface area contributed by atoms with Crippen molar-refractivity contribution >= 4 is 11.8 Å². The topological polar surface area (TPSA) is 49.9 Å². The molecule has 5 nitrogen and oxygen atoms in total. The van der Waals surface area contributed by atoms with Gasteiger partial charge in [-0.25, -0.2) is 0 Å². The lowest BCUT2D eigenvalue weighted by Gasteiger charge is -2.29. The first-order valence-electron chi connectivity index (χ1n) is 6.72. The van der Waals surface area contributed by atoms with Crippen LogP contribution in [0.15, 0.2) is 0 Å². The largest absolute Gasteiger partial charge is 0.378 e. The van der Waals surface area contributed by atoms with Crippen LogP contribution in [0.5, 0.6) is 0 Å². The van der Waals surface area contributed by atoms with E-state index in [1.807, 2.05) is 9.80 Å². The molecule has 102 valence electrons. The summed E-state index contributed by atoms with van der Waals surface area (Å²) in [6, 6.07) is 0. The monoisotopic (exact) mass is 254 g/mol. The second-order valence-corrected chi connectivity index (χ2v) is 5.53. The average molecular weight is 254 g/mol. The molecule has 2 aliphatic rings. The summed E-state index contributed by atoms with van der Waals surface area (Å²) in [5, 5.41) is 0. The zero-order valence-corrected chi connectivity index (χ0v) is 11.2. The van der Waals surface area contributed by atoms with Crippen LogP contribution in [0.25, 0.3) is 0 Å². The molecular weight excluding hydrogens is 232 g/mol. The van der Waals surface area contributed by atoms with Gasteiger partial charge in [-0.05, 0) is 5.92 Å². The molecule has 0 N–H and O–H groups in total. The molecule has 2 rings (SSSR count). The molecule has 2 aliphatic heterocycles. The number of hydrogen-bond donors (Lipinski definition) is 0. The molecule has 2 fully saturated rings. The molecular formula is C13H22N2O3. The van der Waals surface area contributed by atoms with Crippen molar-refractivity contribution in [2.45, 2.75) is 20.3 Å². The predicted molar refractivity (Wildman–Crippen MR) is 66.9 cm³/mol. The first-order valence-corrected chi connectivity index (χ1v) is 6.72. The zero-order valence-electron chi connectivity index (χ0n) is 11.2. The number of carbonyl (C=O) groups is 2. The van der Waals surface area contributed by atoms with Crippen LogP contribution in [-0.4, -0.2) is 61.0 Å². The molecule has 0 aromatic heterocycles. The number of ether oxygens (including phenoxy) is 1. The highest BCUT2D eigenvalue weighted by molar-refractivity contribution is 5.89. The molecule has 2 amide bonds. The molecule has 0 radical (unpaired) electrons. The Morgan fingerprint density at radius 2 is 2.06 bits per heavy atom. The Labute approximate surface area is 108 Å². The fourth-order valence-corrected chi connectivity index (χ4v) is 2.60. The van der Waals surface area contributed by atoms with E-state index in [1.165, 1.54) is 0 Å². The lowest BCUT2D eigenvalue weighted by Crippen LogP contribution is -2.44. The maximum atomic E-state index is 12.3. The quantitative estimate of drug-likeness (QED) is 0.730. The minimum atomic E-state index is -0.144. The zero-order chi connectivity index (χ0) is 13.1. The first kappa shape index (κ1) is 13.3. The lowest BCUT2D eigenvalue weighted by atomic mass is 10.1. The van der Waals surface area contributed by atoms with Gasteiger partial charge >= 0.3 is 0 Å². The van der Waals surface area contributed by atoms with Gasteiger partial charge in [-0.1, -0.05) is 13.8 Å². The van der Waals surface area contributed by atoms with Crippen molar-refractivity contribution in [2.75, 3.05) is 39.4 Å². The maximum absolute atomic E-state index is 12.3. The van der Waals surface area contributed by atoms with E-state index >= 15 is 0 Å². The van der Waals surface area contributed by atoms with Crippen LogP contribution < -0.4 is 0 Å². The third kappa shape index (κ3) is 3.02. The minimum absolute atomic E-state index is 0.121. The first-order chi connectivity index (χ1) is 8.58. The summed E-state index contributed by atoms with van der Waals surface area (Å²) in [5.41, 5.74) is 0. The van der Waals surface area contributed by atoms with Gasteiger partial charge in [0, 0.05) is 32.6 Å². The van der Waals surface area contributed by atoms with Gasteiger partial charge in [-0.15, -0.1) is 0 Å². The van der Waals surface area contributed by atoms with Gasteiger partial charge in [-0.3, -0.25) is 9.59 Å². The Kier molecular flexibility index (Phi) is 4.22. The molecule has 0 aromatic rings. The highest BCUT2D eigenvalue weighted by Crippen LogP contribution is 2.21. The summed E-state index contributed by atoms with van der Waals surface area (Å²) in [6.07, 6.45) is 0.378. The van der Waals surface area contributed by atoms with Crippen LogP contribution >= 0.6 is 0 Å². The summed E-state index contributed by atoms with van der Waals surface area (Å²) < 4.78 is 5.24. The summed E-state index contributed by atoms with van der Waals surface area (Å²) in [4.78, 5) is 27.8. The molecule has 2 saturated heterocycles. The van der Waals surface area contributed by atoms with Crippen LogP contribution in [0, 0.1) is 11.8 Å². The third-order valence-corrected chi connectivity index (χ3v) is 3.47. The highest BCUT2D eigenvalue weighted by atomic mass is 16.5. The molecule has 0 bridgehead atoms. The van der Waals surface area contributed by atoms with Crippen LogP contribution in [-0.2, 0) is 14.3 Å². The molecule has 0 aliphatic carbocycles. The Bertz CT molecular complexity index is 324. The summed E-state index contributed by atoms with van der Waals surface area (Å²) in [5.74, 6) is 0.550. The number of likely N-dealkylation sites (tertiary alicyclic amines) is 1. The molecule has 1 unspecified atom stereocenters. The van der Waals surface area contributed by atoms with Gasteiger partial charge in [0.25, 0.3) is 0 Å². The van der Waals surface area contributed by atoms with Crippen LogP contribution in [0.2, 0.25) is 0 Å². The highest BCUT2D eigenvalue weighted by Gasteiger charge is 2.36. The van der Waals surface area contributed by atoms with Gasteiger partial charge in [0.2, 0.25) is 11.8 Å². The van der Waals surface area contributed by atoms with Crippen molar-refractivity contribution in [3.8, 4) is 0 Å².